The van der Waals surface area contributed by atoms with Crippen LogP contribution in [0.4, 0.5) is 21.2 Å². The summed E-state index contributed by atoms with van der Waals surface area (Å²) in [6, 6.07) is 24.0. The molecule has 60 heteroatoms. The average Bonchev–Trinajstić information content (AvgIpc) is 1.10. The van der Waals surface area contributed by atoms with Crippen molar-refractivity contribution >= 4 is 138 Å². The Morgan fingerprint density at radius 3 is 1.29 bits per heavy atom. The fraction of sp³-hybridized carbons (Fsp3) is 0.206. The number of nitrogen functional groups attached to an aromatic ring is 2. The molecular formula is C68H66N16O38P6. The largest absolute Gasteiger partial charge is 0.508 e. The summed E-state index contributed by atoms with van der Waals surface area (Å²) in [6.07, 6.45) is -11.6. The number of imidazole rings is 2. The lowest BCUT2D eigenvalue weighted by atomic mass is 9.90. The van der Waals surface area contributed by atoms with Gasteiger partial charge in [-0.05, 0) is 83.9 Å². The van der Waals surface area contributed by atoms with Crippen molar-refractivity contribution in [2.24, 2.45) is 0 Å². The number of aliphatic hydroxyl groups excluding tert-OH is 2. The quantitative estimate of drug-likeness (QED) is 0.0175. The number of nitrogens with zero attached hydrogens (tertiary/aromatic N) is 8. The normalized spacial score (nSPS) is 19.6. The van der Waals surface area contributed by atoms with Crippen molar-refractivity contribution in [3.8, 4) is 56.4 Å². The van der Waals surface area contributed by atoms with Gasteiger partial charge >= 0.3 is 70.8 Å². The molecule has 4 unspecified atom stereocenters. The standard InChI is InChI=1S/2C34H33N8O19P3/c35-29-26-30(39-13-38-29)42(14-40-26)32-27(45)28(24(59-32)12-57-64(55,56)61-63(53,54)41-62(50,51)52)60-34(49)37-8-7-36-31(46)15-1-4-18(21(9-15)33(47)48)25-19-5-2-16(43)10-22(19)58-23-11-17(44)3-6-20(23)25;35-29-26-30(39-13-38-29)42(14-40-26)32-28(27(45)24(59-32)12-57-64(55,56)61-63(53,54)41-62(50,51)52)60-34(49)37-8-7-36-31(46)15-1-4-18(21(9-15)33(47)48)25-19-5-2-16(43)10-22(19)58-23-11-17(44)3-6-20(23)25/h2*1-6,9-11,13-14,24,27-28,32,43,45H,7-8,12H2,(H,36,46)(H,37,49)(H,47,48)(H,55,56)(H2,35,38,39)(H4,41,50,51,52,53,54)/t2*24-,27-,28-,32-/m11/s1. The summed E-state index contributed by atoms with van der Waals surface area (Å²) >= 11 is 0. The van der Waals surface area contributed by atoms with Crippen molar-refractivity contribution < 1.29 is 171 Å². The van der Waals surface area contributed by atoms with Crippen LogP contribution in [0.25, 0.3) is 89.2 Å². The molecule has 4 aromatic carbocycles. The Kier molecular flexibility index (Phi) is 27.1. The van der Waals surface area contributed by atoms with Crippen LogP contribution in [0, 0.1) is 0 Å². The van der Waals surface area contributed by atoms with Gasteiger partial charge in [-0.3, -0.25) is 37.4 Å². The van der Waals surface area contributed by atoms with Gasteiger partial charge in [0.2, 0.25) is 0 Å². The lowest BCUT2D eigenvalue weighted by molar-refractivity contribution is -0.0521. The van der Waals surface area contributed by atoms with E-state index >= 15 is 0 Å². The highest BCUT2D eigenvalue weighted by atomic mass is 31.3. The molecule has 4 aliphatic heterocycles. The van der Waals surface area contributed by atoms with Gasteiger partial charge in [0, 0.05) is 94.6 Å². The number of nitrogens with two attached hydrogens (primary N) is 2. The first-order valence-corrected chi connectivity index (χ1v) is 45.4. The number of phenolic OH excluding ortho intramolecular Hbond substituents is 2. The molecule has 2 saturated heterocycles. The number of benzene rings is 6. The van der Waals surface area contributed by atoms with Gasteiger partial charge in [0.1, 0.15) is 82.3 Å². The number of phenols is 2. The van der Waals surface area contributed by atoms with Crippen LogP contribution in [0.1, 0.15) is 53.9 Å². The highest BCUT2D eigenvalue weighted by molar-refractivity contribution is 7.71. The Morgan fingerprint density at radius 2 is 0.859 bits per heavy atom. The van der Waals surface area contributed by atoms with E-state index < -0.39 is 145 Å². The second-order valence-corrected chi connectivity index (χ2v) is 36.7. The van der Waals surface area contributed by atoms with Gasteiger partial charge in [-0.25, -0.2) is 76.5 Å². The van der Waals surface area contributed by atoms with E-state index in [-0.39, 0.29) is 139 Å². The van der Waals surface area contributed by atoms with Crippen molar-refractivity contribution in [1.82, 2.24) is 70.0 Å². The van der Waals surface area contributed by atoms with Crippen LogP contribution >= 0.6 is 46.6 Å². The van der Waals surface area contributed by atoms with Crippen LogP contribution in [0.15, 0.2) is 153 Å². The van der Waals surface area contributed by atoms with Crippen LogP contribution in [0.5, 0.6) is 11.5 Å². The molecule has 0 radical (unpaired) electrons. The maximum absolute atomic E-state index is 13.2. The first-order valence-electron chi connectivity index (χ1n) is 36.1. The summed E-state index contributed by atoms with van der Waals surface area (Å²) in [4.78, 5) is 202. The molecule has 8 heterocycles. The number of amides is 4. The zero-order valence-electron chi connectivity index (χ0n) is 64.0. The number of phosphoric ester groups is 2. The monoisotopic (exact) mass is 1900 g/mol. The summed E-state index contributed by atoms with van der Waals surface area (Å²) < 4.78 is 125. The topological polar surface area (TPSA) is 834 Å². The van der Waals surface area contributed by atoms with E-state index in [9.17, 15) is 116 Å². The van der Waals surface area contributed by atoms with E-state index in [1.165, 1.54) is 97.1 Å². The number of fused-ring (bicyclic) bond motifs is 6. The molecule has 4 aromatic heterocycles. The number of nitrogens with one attached hydrogen (secondary N) is 6. The molecule has 8 aromatic rings. The minimum atomic E-state index is -5.66. The molecule has 676 valence electrons. The van der Waals surface area contributed by atoms with Crippen molar-refractivity contribution in [3.63, 3.8) is 0 Å². The number of phosphoric acid groups is 2. The van der Waals surface area contributed by atoms with E-state index in [1.807, 2.05) is 0 Å². The number of hydrogen-bond donors (Lipinski definition) is 22. The number of anilines is 2. The molecule has 12 atom stereocenters. The molecule has 128 heavy (non-hydrogen) atoms. The summed E-state index contributed by atoms with van der Waals surface area (Å²) in [6.45, 7) is -3.39. The molecular weight excluding hydrogens is 1830 g/mol. The van der Waals surface area contributed by atoms with Crippen LogP contribution < -0.4 is 53.3 Å². The third-order valence-electron chi connectivity index (χ3n) is 18.5. The number of carboxylic acids is 2. The number of alkyl carbamates (subject to hydrolysis) is 2. The zero-order chi connectivity index (χ0) is 92.6. The van der Waals surface area contributed by atoms with Crippen LogP contribution in [-0.2, 0) is 64.0 Å². The predicted molar refractivity (Wildman–Crippen MR) is 431 cm³/mol. The van der Waals surface area contributed by atoms with Crippen LogP contribution in [0.2, 0.25) is 0 Å². The third-order valence-corrected chi connectivity index (χ3v) is 26.9. The zero-order valence-corrected chi connectivity index (χ0v) is 69.4. The molecule has 24 N–H and O–H groups in total. The fourth-order valence-corrected chi connectivity index (χ4v) is 20.1. The molecule has 2 aliphatic carbocycles. The van der Waals surface area contributed by atoms with Crippen molar-refractivity contribution in [3.05, 3.63) is 177 Å². The molecule has 2 fully saturated rings. The van der Waals surface area contributed by atoms with E-state index in [2.05, 4.69) is 64.3 Å². The Bertz CT molecular complexity index is 6790. The van der Waals surface area contributed by atoms with Gasteiger partial charge in [0.15, 0.2) is 58.5 Å². The maximum atomic E-state index is 13.2. The SMILES string of the molecule is Nc1ncnc2c1ncn2[C@@H]1O[C@H](COP(=O)(O)OP(=O)(O)NP(=O)(O)O)[C@@H](O)[C@H]1OC(=O)NCCNC(=O)c1ccc(-c2c3ccc(=O)cc-3oc3cc(O)ccc23)c(C(=O)O)c1.Nc1ncnc2c1ncn2[C@@H]1O[C@H](COP(=O)(O)OP(=O)(O)NP(=O)(O)O)[C@@H](OC(=O)NCCNC(=O)c2ccc(-c3c4ccc(=O)cc-4oc4cc(O)ccc34)c(C(=O)O)c2)[C@H]1O. The van der Waals surface area contributed by atoms with Gasteiger partial charge < -0.3 is 130 Å². The molecule has 0 spiro atoms. The molecule has 0 saturated carbocycles. The van der Waals surface area contributed by atoms with Crippen LogP contribution in [0.3, 0.4) is 0 Å². The number of carbonyl (C=O) groups excluding carboxylic acids is 4. The van der Waals surface area contributed by atoms with E-state index in [4.69, 9.17) is 63.3 Å². The number of rotatable bonds is 30. The number of aromatic nitrogens is 8. The predicted octanol–water partition coefficient (Wildman–Crippen LogP) is 2.78. The second-order valence-electron chi connectivity index (χ2n) is 27.2. The highest BCUT2D eigenvalue weighted by Crippen LogP contribution is 2.63. The first kappa shape index (κ1) is 93.3. The van der Waals surface area contributed by atoms with E-state index in [1.54, 1.807) is 0 Å². The number of carbonyl (C=O) groups is 6. The number of aromatic carboxylic acids is 2. The average molecular weight is 1900 g/mol. The van der Waals surface area contributed by atoms with Crippen molar-refractivity contribution in [2.75, 3.05) is 50.9 Å². The lowest BCUT2D eigenvalue weighted by Crippen LogP contribution is -2.42. The molecule has 54 nitrogen and oxygen atoms in total. The smallest absolute Gasteiger partial charge is 0.480 e. The Hall–Kier alpha value is -12.4. The number of ether oxygens (including phenoxy) is 4. The molecule has 4 amide bonds. The molecule has 0 bridgehead atoms. The molecule has 6 aliphatic rings. The summed E-state index contributed by atoms with van der Waals surface area (Å²) in [5.41, 5.74) is 12.5. The van der Waals surface area contributed by atoms with E-state index in [0.29, 0.717) is 33.0 Å². The van der Waals surface area contributed by atoms with Gasteiger partial charge in [-0.2, -0.15) is 8.62 Å². The first-order chi connectivity index (χ1) is 60.2. The minimum Gasteiger partial charge on any atom is -0.508 e. The Labute approximate surface area is 710 Å². The molecule has 14 rings (SSSR count). The maximum Gasteiger partial charge on any atom is 0.480 e. The summed E-state index contributed by atoms with van der Waals surface area (Å²) in [5, 5.41) is 73.5. The van der Waals surface area contributed by atoms with Gasteiger partial charge in [0.25, 0.3) is 11.8 Å². The lowest BCUT2D eigenvalue weighted by Gasteiger charge is -2.22. The third kappa shape index (κ3) is 21.7. The van der Waals surface area contributed by atoms with Crippen molar-refractivity contribution in [1.29, 1.82) is 0 Å². The number of carboxylic acid groups (broad SMARTS) is 2. The van der Waals surface area contributed by atoms with Gasteiger partial charge in [0.05, 0.1) is 37.0 Å². The Balaban J connectivity index is 0.000000219. The minimum absolute atomic E-state index is 0.0158. The summed E-state index contributed by atoms with van der Waals surface area (Å²) in [7, 11) is -33.5. The van der Waals surface area contributed by atoms with Crippen molar-refractivity contribution in [2.45, 2.75) is 49.1 Å². The van der Waals surface area contributed by atoms with Crippen LogP contribution in [-0.4, -0.2) is 221 Å². The number of aromatic hydroxyl groups is 2. The summed E-state index contributed by atoms with van der Waals surface area (Å²) in [5.74, 6) is -4.49. The number of hydrogen-bond acceptors (Lipinski definition) is 36. The Morgan fingerprint density at radius 1 is 0.461 bits per heavy atom. The highest BCUT2D eigenvalue weighted by Gasteiger charge is 2.52. The second kappa shape index (κ2) is 37.1. The number of aliphatic hydroxyl groups is 2. The fourth-order valence-electron chi connectivity index (χ4n) is 13.3. The van der Waals surface area contributed by atoms with Gasteiger partial charge in [-0.15, -0.1) is 9.72 Å². The van der Waals surface area contributed by atoms with E-state index in [0.717, 1.165) is 56.3 Å². The van der Waals surface area contributed by atoms with Gasteiger partial charge in [-0.1, -0.05) is 12.1 Å².